The molecule has 0 aliphatic heterocycles. The minimum atomic E-state index is -1.09. The summed E-state index contributed by atoms with van der Waals surface area (Å²) < 4.78 is 0. The van der Waals surface area contributed by atoms with E-state index < -0.39 is 11.5 Å². The molecule has 0 unspecified atom stereocenters. The molecule has 0 spiro atoms. The fraction of sp³-hybridized carbons (Fsp3) is 0.846. The van der Waals surface area contributed by atoms with Gasteiger partial charge in [0, 0.05) is 13.1 Å². The standard InChI is InChI=1S/C13H25N3O3/c1-10-4-6-13(7-5-10,11(17)18)15-12(19)14-8-9-16(2)3/h10H,4-9H2,1-3H3,(H,17,18)(H2,14,15,19). The summed E-state index contributed by atoms with van der Waals surface area (Å²) in [4.78, 5) is 25.2. The summed E-state index contributed by atoms with van der Waals surface area (Å²) in [6.45, 7) is 3.35. The maximum absolute atomic E-state index is 11.8. The lowest BCUT2D eigenvalue weighted by Crippen LogP contribution is -2.58. The van der Waals surface area contributed by atoms with E-state index in [4.69, 9.17) is 0 Å². The minimum Gasteiger partial charge on any atom is -0.480 e. The molecule has 0 heterocycles. The molecule has 19 heavy (non-hydrogen) atoms. The first-order valence-electron chi connectivity index (χ1n) is 6.80. The van der Waals surface area contributed by atoms with E-state index in [1.807, 2.05) is 19.0 Å². The fourth-order valence-corrected chi connectivity index (χ4v) is 2.30. The van der Waals surface area contributed by atoms with E-state index in [-0.39, 0.29) is 6.03 Å². The monoisotopic (exact) mass is 271 g/mol. The third-order valence-electron chi connectivity index (χ3n) is 3.73. The van der Waals surface area contributed by atoms with Gasteiger partial charge in [0.2, 0.25) is 0 Å². The second kappa shape index (κ2) is 6.75. The van der Waals surface area contributed by atoms with Crippen molar-refractivity contribution in [3.8, 4) is 0 Å². The van der Waals surface area contributed by atoms with Crippen LogP contribution in [0, 0.1) is 5.92 Å². The van der Waals surface area contributed by atoms with Crippen LogP contribution >= 0.6 is 0 Å². The lowest BCUT2D eigenvalue weighted by molar-refractivity contribution is -0.146. The van der Waals surface area contributed by atoms with E-state index >= 15 is 0 Å². The van der Waals surface area contributed by atoms with Crippen LogP contribution in [0.5, 0.6) is 0 Å². The number of carboxylic acids is 1. The van der Waals surface area contributed by atoms with Gasteiger partial charge in [0.05, 0.1) is 0 Å². The normalized spacial score (nSPS) is 27.1. The molecular formula is C13H25N3O3. The van der Waals surface area contributed by atoms with Gasteiger partial charge in [-0.3, -0.25) is 0 Å². The van der Waals surface area contributed by atoms with Crippen molar-refractivity contribution in [3.05, 3.63) is 0 Å². The van der Waals surface area contributed by atoms with Gasteiger partial charge in [-0.2, -0.15) is 0 Å². The van der Waals surface area contributed by atoms with E-state index in [1.165, 1.54) is 0 Å². The Labute approximate surface area is 114 Å². The number of carbonyl (C=O) groups is 2. The second-order valence-corrected chi connectivity index (χ2v) is 5.75. The highest BCUT2D eigenvalue weighted by atomic mass is 16.4. The van der Waals surface area contributed by atoms with Crippen LogP contribution in [-0.4, -0.2) is 54.7 Å². The summed E-state index contributed by atoms with van der Waals surface area (Å²) in [5.74, 6) is -0.395. The highest BCUT2D eigenvalue weighted by Gasteiger charge is 2.42. The van der Waals surface area contributed by atoms with Gasteiger partial charge in [-0.05, 0) is 45.7 Å². The molecule has 6 heteroatoms. The lowest BCUT2D eigenvalue weighted by Gasteiger charge is -2.36. The van der Waals surface area contributed by atoms with Crippen LogP contribution in [0.4, 0.5) is 4.79 Å². The topological polar surface area (TPSA) is 81.7 Å². The number of likely N-dealkylation sites (N-methyl/N-ethyl adjacent to an activating group) is 1. The van der Waals surface area contributed by atoms with Gasteiger partial charge >= 0.3 is 12.0 Å². The summed E-state index contributed by atoms with van der Waals surface area (Å²) >= 11 is 0. The smallest absolute Gasteiger partial charge is 0.329 e. The molecule has 1 rings (SSSR count). The van der Waals surface area contributed by atoms with E-state index in [9.17, 15) is 14.7 Å². The summed E-state index contributed by atoms with van der Waals surface area (Å²) in [5.41, 5.74) is -1.09. The number of urea groups is 1. The first-order valence-corrected chi connectivity index (χ1v) is 6.80. The highest BCUT2D eigenvalue weighted by Crippen LogP contribution is 2.32. The Morgan fingerprint density at radius 2 is 1.89 bits per heavy atom. The number of rotatable bonds is 5. The molecule has 1 aliphatic carbocycles. The number of hydrogen-bond donors (Lipinski definition) is 3. The van der Waals surface area contributed by atoms with Gasteiger partial charge < -0.3 is 20.6 Å². The Balaban J connectivity index is 2.50. The highest BCUT2D eigenvalue weighted by molar-refractivity contribution is 5.86. The molecule has 3 N–H and O–H groups in total. The van der Waals surface area contributed by atoms with Crippen molar-refractivity contribution in [2.45, 2.75) is 38.1 Å². The van der Waals surface area contributed by atoms with Crippen LogP contribution in [0.3, 0.4) is 0 Å². The molecule has 1 aliphatic rings. The molecule has 0 aromatic carbocycles. The summed E-state index contributed by atoms with van der Waals surface area (Å²) in [7, 11) is 3.84. The van der Waals surface area contributed by atoms with Crippen LogP contribution in [0.25, 0.3) is 0 Å². The summed E-state index contributed by atoms with van der Waals surface area (Å²) in [6.07, 6.45) is 2.68. The second-order valence-electron chi connectivity index (χ2n) is 5.75. The number of carboxylic acid groups (broad SMARTS) is 1. The van der Waals surface area contributed by atoms with E-state index in [0.717, 1.165) is 19.4 Å². The van der Waals surface area contributed by atoms with Gasteiger partial charge in [-0.1, -0.05) is 6.92 Å². The Kier molecular flexibility index (Phi) is 5.60. The van der Waals surface area contributed by atoms with Crippen molar-refractivity contribution in [2.75, 3.05) is 27.2 Å². The molecule has 2 amide bonds. The Morgan fingerprint density at radius 1 is 1.32 bits per heavy atom. The summed E-state index contributed by atoms with van der Waals surface area (Å²) in [6, 6.07) is -0.390. The van der Waals surface area contributed by atoms with E-state index in [1.54, 1.807) is 0 Å². The van der Waals surface area contributed by atoms with Gasteiger partial charge in [-0.25, -0.2) is 9.59 Å². The van der Waals surface area contributed by atoms with Crippen LogP contribution < -0.4 is 10.6 Å². The largest absolute Gasteiger partial charge is 0.480 e. The van der Waals surface area contributed by atoms with Crippen LogP contribution in [0.1, 0.15) is 32.6 Å². The van der Waals surface area contributed by atoms with Gasteiger partial charge in [0.15, 0.2) is 0 Å². The molecule has 0 bridgehead atoms. The lowest BCUT2D eigenvalue weighted by atomic mass is 9.77. The Morgan fingerprint density at radius 3 is 2.37 bits per heavy atom. The predicted octanol–water partition coefficient (Wildman–Crippen LogP) is 0.881. The molecule has 0 aromatic heterocycles. The average molecular weight is 271 g/mol. The zero-order chi connectivity index (χ0) is 14.5. The van der Waals surface area contributed by atoms with Crippen molar-refractivity contribution in [1.29, 1.82) is 0 Å². The molecule has 6 nitrogen and oxygen atoms in total. The number of amides is 2. The molecular weight excluding hydrogens is 246 g/mol. The zero-order valence-corrected chi connectivity index (χ0v) is 12.0. The molecule has 1 saturated carbocycles. The first kappa shape index (κ1) is 15.8. The molecule has 1 fully saturated rings. The third-order valence-corrected chi connectivity index (χ3v) is 3.73. The SMILES string of the molecule is CC1CCC(NC(=O)NCCN(C)C)(C(=O)O)CC1. The van der Waals surface area contributed by atoms with E-state index in [0.29, 0.717) is 25.3 Å². The number of nitrogens with zero attached hydrogens (tertiary/aromatic N) is 1. The maximum atomic E-state index is 11.8. The van der Waals surface area contributed by atoms with Crippen molar-refractivity contribution in [2.24, 2.45) is 5.92 Å². The molecule has 0 atom stereocenters. The predicted molar refractivity (Wildman–Crippen MR) is 73.1 cm³/mol. The summed E-state index contributed by atoms with van der Waals surface area (Å²) in [5, 5.41) is 14.7. The van der Waals surface area contributed by atoms with Gasteiger partial charge in [-0.15, -0.1) is 0 Å². The Hall–Kier alpha value is -1.30. The average Bonchev–Trinajstić information content (AvgIpc) is 2.31. The van der Waals surface area contributed by atoms with Crippen molar-refractivity contribution >= 4 is 12.0 Å². The van der Waals surface area contributed by atoms with Gasteiger partial charge in [0.1, 0.15) is 5.54 Å². The number of carbonyl (C=O) groups excluding carboxylic acids is 1. The fourth-order valence-electron chi connectivity index (χ4n) is 2.30. The number of nitrogens with one attached hydrogen (secondary N) is 2. The zero-order valence-electron chi connectivity index (χ0n) is 12.0. The third kappa shape index (κ3) is 4.70. The first-order chi connectivity index (χ1) is 8.85. The van der Waals surface area contributed by atoms with Gasteiger partial charge in [0.25, 0.3) is 0 Å². The molecule has 0 saturated heterocycles. The van der Waals surface area contributed by atoms with Crippen molar-refractivity contribution < 1.29 is 14.7 Å². The van der Waals surface area contributed by atoms with Crippen LogP contribution in [0.15, 0.2) is 0 Å². The van der Waals surface area contributed by atoms with Crippen LogP contribution in [0.2, 0.25) is 0 Å². The molecule has 0 radical (unpaired) electrons. The van der Waals surface area contributed by atoms with E-state index in [2.05, 4.69) is 17.6 Å². The minimum absolute atomic E-state index is 0.390. The maximum Gasteiger partial charge on any atom is 0.329 e. The number of hydrogen-bond acceptors (Lipinski definition) is 3. The number of aliphatic carboxylic acids is 1. The Bertz CT molecular complexity index is 323. The van der Waals surface area contributed by atoms with Crippen LogP contribution in [-0.2, 0) is 4.79 Å². The quantitative estimate of drug-likeness (QED) is 0.693. The van der Waals surface area contributed by atoms with Crippen molar-refractivity contribution in [1.82, 2.24) is 15.5 Å². The molecule has 110 valence electrons. The molecule has 0 aromatic rings. The van der Waals surface area contributed by atoms with Crippen molar-refractivity contribution in [3.63, 3.8) is 0 Å².